The SMILES string of the molecule is CSc1cc(C(F)(F)F)cnc1-c1nc(C(F)(F)F)ccc1C.c1cnc2[nH]cnc2c1. The molecule has 4 aromatic rings. The molecule has 4 aromatic heterocycles. The molecular formula is C20H15F6N5S. The molecule has 0 aliphatic heterocycles. The maximum absolute atomic E-state index is 12.8. The first-order valence-electron chi connectivity index (χ1n) is 8.91. The third-order valence-corrected chi connectivity index (χ3v) is 4.95. The van der Waals surface area contributed by atoms with Crippen LogP contribution in [-0.4, -0.2) is 31.2 Å². The summed E-state index contributed by atoms with van der Waals surface area (Å²) in [6, 6.07) is 6.67. The molecule has 0 bridgehead atoms. The van der Waals surface area contributed by atoms with Gasteiger partial charge in [-0.25, -0.2) is 15.0 Å². The lowest BCUT2D eigenvalue weighted by atomic mass is 10.1. The zero-order valence-corrected chi connectivity index (χ0v) is 17.4. The summed E-state index contributed by atoms with van der Waals surface area (Å²) in [7, 11) is 0. The van der Waals surface area contributed by atoms with Crippen LogP contribution in [0, 0.1) is 6.92 Å². The number of aromatic nitrogens is 5. The first-order chi connectivity index (χ1) is 15.0. The minimum absolute atomic E-state index is 0.00546. The van der Waals surface area contributed by atoms with E-state index in [1.54, 1.807) is 12.5 Å². The Hall–Kier alpha value is -3.15. The van der Waals surface area contributed by atoms with E-state index in [4.69, 9.17) is 0 Å². The van der Waals surface area contributed by atoms with Gasteiger partial charge in [0.15, 0.2) is 5.65 Å². The summed E-state index contributed by atoms with van der Waals surface area (Å²) in [5.74, 6) is 0. The number of aryl methyl sites for hydroxylation is 1. The molecule has 4 rings (SSSR count). The van der Waals surface area contributed by atoms with E-state index in [9.17, 15) is 26.3 Å². The average Bonchev–Trinajstić information content (AvgIpc) is 3.21. The van der Waals surface area contributed by atoms with Crippen molar-refractivity contribution in [2.24, 2.45) is 0 Å². The summed E-state index contributed by atoms with van der Waals surface area (Å²) in [5, 5.41) is 0. The van der Waals surface area contributed by atoms with Crippen molar-refractivity contribution in [1.82, 2.24) is 24.9 Å². The van der Waals surface area contributed by atoms with Crippen molar-refractivity contribution in [2.45, 2.75) is 24.2 Å². The standard InChI is InChI=1S/C14H10F6N2S.C6H5N3/c1-7-3-4-10(14(18,19)20)22-11(7)12-9(23-2)5-8(6-21-12)13(15,16)17;1-2-5-6(7-3-1)9-4-8-5/h3-6H,1-2H3;1-4H,(H,7,8,9). The first kappa shape index (κ1) is 23.5. The maximum Gasteiger partial charge on any atom is 0.433 e. The number of fused-ring (bicyclic) bond motifs is 1. The highest BCUT2D eigenvalue weighted by atomic mass is 32.2. The van der Waals surface area contributed by atoms with Crippen molar-refractivity contribution in [3.8, 4) is 11.4 Å². The zero-order chi connectivity index (χ0) is 23.5. The molecule has 0 aliphatic carbocycles. The lowest BCUT2D eigenvalue weighted by Crippen LogP contribution is -2.10. The van der Waals surface area contributed by atoms with E-state index in [1.807, 2.05) is 12.1 Å². The van der Waals surface area contributed by atoms with E-state index >= 15 is 0 Å². The van der Waals surface area contributed by atoms with Crippen LogP contribution in [0.1, 0.15) is 16.8 Å². The summed E-state index contributed by atoms with van der Waals surface area (Å²) in [5.41, 5.74) is -0.0235. The number of imidazole rings is 1. The molecule has 4 heterocycles. The first-order valence-corrected chi connectivity index (χ1v) is 10.1. The normalized spacial score (nSPS) is 11.9. The number of H-pyrrole nitrogens is 1. The number of alkyl halides is 6. The minimum atomic E-state index is -4.64. The zero-order valence-electron chi connectivity index (χ0n) is 16.6. The number of aromatic amines is 1. The summed E-state index contributed by atoms with van der Waals surface area (Å²) >= 11 is 0.959. The molecule has 0 spiro atoms. The molecule has 0 saturated carbocycles. The number of hydrogen-bond donors (Lipinski definition) is 1. The van der Waals surface area contributed by atoms with Crippen LogP contribution < -0.4 is 0 Å². The molecule has 12 heteroatoms. The maximum atomic E-state index is 12.8. The number of pyridine rings is 3. The third kappa shape index (κ3) is 5.36. The number of thioether (sulfide) groups is 1. The van der Waals surface area contributed by atoms with E-state index in [2.05, 4.69) is 24.9 Å². The van der Waals surface area contributed by atoms with Gasteiger partial charge < -0.3 is 4.98 Å². The molecule has 0 aromatic carbocycles. The number of rotatable bonds is 2. The van der Waals surface area contributed by atoms with Gasteiger partial charge in [-0.15, -0.1) is 11.8 Å². The molecule has 0 fully saturated rings. The Morgan fingerprint density at radius 2 is 1.66 bits per heavy atom. The van der Waals surface area contributed by atoms with Gasteiger partial charge in [0.25, 0.3) is 0 Å². The van der Waals surface area contributed by atoms with Crippen molar-refractivity contribution >= 4 is 22.9 Å². The Morgan fingerprint density at radius 1 is 0.906 bits per heavy atom. The highest BCUT2D eigenvalue weighted by molar-refractivity contribution is 7.98. The van der Waals surface area contributed by atoms with Crippen LogP contribution in [0.15, 0.2) is 53.9 Å². The van der Waals surface area contributed by atoms with Crippen molar-refractivity contribution in [2.75, 3.05) is 6.26 Å². The van der Waals surface area contributed by atoms with Crippen LogP contribution in [0.4, 0.5) is 26.3 Å². The topological polar surface area (TPSA) is 67.3 Å². The smallest absolute Gasteiger partial charge is 0.329 e. The lowest BCUT2D eigenvalue weighted by molar-refractivity contribution is -0.141. The molecular weight excluding hydrogens is 456 g/mol. The average molecular weight is 471 g/mol. The molecule has 32 heavy (non-hydrogen) atoms. The Morgan fingerprint density at radius 3 is 2.28 bits per heavy atom. The second-order valence-electron chi connectivity index (χ2n) is 6.41. The van der Waals surface area contributed by atoms with Gasteiger partial charge in [0.05, 0.1) is 17.6 Å². The minimum Gasteiger partial charge on any atom is -0.329 e. The highest BCUT2D eigenvalue weighted by Crippen LogP contribution is 2.37. The fourth-order valence-electron chi connectivity index (χ4n) is 2.63. The molecule has 5 nitrogen and oxygen atoms in total. The van der Waals surface area contributed by atoms with E-state index in [0.717, 1.165) is 35.1 Å². The Labute approximate surface area is 182 Å². The molecule has 0 unspecified atom stereocenters. The van der Waals surface area contributed by atoms with Gasteiger partial charge in [-0.3, -0.25) is 4.98 Å². The molecule has 0 atom stereocenters. The fourth-order valence-corrected chi connectivity index (χ4v) is 3.22. The van der Waals surface area contributed by atoms with Crippen molar-refractivity contribution in [3.05, 3.63) is 65.9 Å². The Bertz CT molecular complexity index is 1190. The monoisotopic (exact) mass is 471 g/mol. The number of halogens is 6. The van der Waals surface area contributed by atoms with E-state index < -0.39 is 23.6 Å². The van der Waals surface area contributed by atoms with Gasteiger partial charge in [0.2, 0.25) is 0 Å². The van der Waals surface area contributed by atoms with Crippen LogP contribution in [0.2, 0.25) is 0 Å². The van der Waals surface area contributed by atoms with Gasteiger partial charge in [-0.1, -0.05) is 6.07 Å². The van der Waals surface area contributed by atoms with E-state index in [1.165, 1.54) is 19.2 Å². The number of nitrogens with one attached hydrogen (secondary N) is 1. The van der Waals surface area contributed by atoms with Crippen LogP contribution in [0.3, 0.4) is 0 Å². The summed E-state index contributed by atoms with van der Waals surface area (Å²) in [6.45, 7) is 1.52. The van der Waals surface area contributed by atoms with Gasteiger partial charge in [0.1, 0.15) is 16.9 Å². The van der Waals surface area contributed by atoms with Crippen LogP contribution in [0.5, 0.6) is 0 Å². The van der Waals surface area contributed by atoms with Crippen LogP contribution >= 0.6 is 11.8 Å². The van der Waals surface area contributed by atoms with Gasteiger partial charge in [-0.2, -0.15) is 26.3 Å². The predicted molar refractivity (Wildman–Crippen MR) is 108 cm³/mol. The van der Waals surface area contributed by atoms with Crippen LogP contribution in [-0.2, 0) is 12.4 Å². The second-order valence-corrected chi connectivity index (χ2v) is 7.25. The van der Waals surface area contributed by atoms with Crippen molar-refractivity contribution in [3.63, 3.8) is 0 Å². The van der Waals surface area contributed by atoms with E-state index in [0.29, 0.717) is 11.8 Å². The second kappa shape index (κ2) is 9.15. The van der Waals surface area contributed by atoms with Crippen molar-refractivity contribution in [1.29, 1.82) is 0 Å². The Balaban J connectivity index is 0.000000264. The lowest BCUT2D eigenvalue weighted by Gasteiger charge is -2.14. The highest BCUT2D eigenvalue weighted by Gasteiger charge is 2.34. The number of hydrogen-bond acceptors (Lipinski definition) is 5. The molecule has 168 valence electrons. The fraction of sp³-hybridized carbons (Fsp3) is 0.200. The molecule has 0 aliphatic rings. The van der Waals surface area contributed by atoms with E-state index in [-0.39, 0.29) is 16.3 Å². The van der Waals surface area contributed by atoms with Gasteiger partial charge >= 0.3 is 12.4 Å². The Kier molecular flexibility index (Phi) is 6.72. The summed E-state index contributed by atoms with van der Waals surface area (Å²) < 4.78 is 76.5. The molecule has 0 amide bonds. The molecule has 0 saturated heterocycles. The molecule has 0 radical (unpaired) electrons. The quantitative estimate of drug-likeness (QED) is 0.280. The largest absolute Gasteiger partial charge is 0.433 e. The summed E-state index contributed by atoms with van der Waals surface area (Å²) in [6.07, 6.45) is -3.74. The van der Waals surface area contributed by atoms with Gasteiger partial charge in [0, 0.05) is 17.3 Å². The third-order valence-electron chi connectivity index (χ3n) is 4.20. The summed E-state index contributed by atoms with van der Waals surface area (Å²) in [4.78, 5) is 18.3. The number of nitrogens with zero attached hydrogens (tertiary/aromatic N) is 4. The van der Waals surface area contributed by atoms with Crippen molar-refractivity contribution < 1.29 is 26.3 Å². The molecule has 1 N–H and O–H groups in total. The predicted octanol–water partition coefficient (Wildman–Crippen LogP) is 6.17. The van der Waals surface area contributed by atoms with Gasteiger partial charge in [-0.05, 0) is 43.0 Å². The van der Waals surface area contributed by atoms with Crippen LogP contribution in [0.25, 0.3) is 22.6 Å².